The van der Waals surface area contributed by atoms with Gasteiger partial charge in [0.1, 0.15) is 0 Å². The van der Waals surface area contributed by atoms with Gasteiger partial charge in [-0.2, -0.15) is 0 Å². The van der Waals surface area contributed by atoms with Gasteiger partial charge in [0, 0.05) is 40.8 Å². The molecule has 1 atom stereocenters. The van der Waals surface area contributed by atoms with Crippen molar-refractivity contribution in [3.63, 3.8) is 0 Å². The molecule has 3 rings (SSSR count). The summed E-state index contributed by atoms with van der Waals surface area (Å²) in [5.41, 5.74) is 14.9. The molecule has 2 saturated heterocycles. The second kappa shape index (κ2) is 13.5. The highest BCUT2D eigenvalue weighted by atomic mass is 33.1. The van der Waals surface area contributed by atoms with Gasteiger partial charge in [0.05, 0.1) is 23.1 Å². The van der Waals surface area contributed by atoms with Crippen LogP contribution in [-0.2, 0) is 14.4 Å². The lowest BCUT2D eigenvalue weighted by molar-refractivity contribution is -0.172. The summed E-state index contributed by atoms with van der Waals surface area (Å²) in [6.45, 7) is 0.706. The maximum absolute atomic E-state index is 12.5. The van der Waals surface area contributed by atoms with Crippen molar-refractivity contribution >= 4 is 62.7 Å². The summed E-state index contributed by atoms with van der Waals surface area (Å²) in [5.74, 6) is 2.43. The quantitative estimate of drug-likeness (QED) is 0.0616. The van der Waals surface area contributed by atoms with Gasteiger partial charge in [0.25, 0.3) is 11.8 Å². The van der Waals surface area contributed by atoms with E-state index < -0.39 is 23.0 Å². The van der Waals surface area contributed by atoms with E-state index in [1.165, 1.54) is 54.0 Å². The van der Waals surface area contributed by atoms with Crippen LogP contribution in [0.3, 0.4) is 0 Å². The monoisotopic (exact) mass is 522 g/mol. The van der Waals surface area contributed by atoms with Crippen molar-refractivity contribution in [2.24, 2.45) is 21.8 Å². The maximum atomic E-state index is 12.5. The van der Waals surface area contributed by atoms with Crippen molar-refractivity contribution < 1.29 is 19.2 Å². The molecule has 2 fully saturated rings. The Labute approximate surface area is 209 Å². The Hall–Kier alpha value is -2.34. The van der Waals surface area contributed by atoms with E-state index in [0.717, 1.165) is 18.8 Å². The van der Waals surface area contributed by atoms with Crippen LogP contribution in [0.4, 0.5) is 5.69 Å². The van der Waals surface area contributed by atoms with Crippen LogP contribution in [-0.4, -0.2) is 57.7 Å². The number of nitrogens with zero attached hydrogens (tertiary/aromatic N) is 5. The van der Waals surface area contributed by atoms with Crippen LogP contribution >= 0.6 is 33.3 Å². The third-order valence-electron chi connectivity index (χ3n) is 5.20. The molecule has 1 aromatic rings. The van der Waals surface area contributed by atoms with E-state index in [-0.39, 0.29) is 12.0 Å². The standard InChI is InChI=1S/C21H26N6O4S3/c22-18(24-9-2-1-3-14-12-33-34-13-14)8-10-32-17-11-19(28)27(20(17)29)31-21(30)15-4-6-16(7-5-15)25-26-23/h4-7,14,17H,1-3,8-13H2,(H2,22,24). The minimum atomic E-state index is -0.846. The fraction of sp³-hybridized carbons (Fsp3) is 0.524. The van der Waals surface area contributed by atoms with Crippen LogP contribution in [0.15, 0.2) is 34.4 Å². The predicted molar refractivity (Wildman–Crippen MR) is 137 cm³/mol. The molecule has 13 heteroatoms. The number of rotatable bonds is 12. The normalized spacial score (nSPS) is 18.9. The fourth-order valence-corrected chi connectivity index (χ4v) is 7.45. The minimum Gasteiger partial charge on any atom is -0.387 e. The Balaban J connectivity index is 1.37. The van der Waals surface area contributed by atoms with Gasteiger partial charge in [-0.25, -0.2) is 4.79 Å². The lowest BCUT2D eigenvalue weighted by atomic mass is 10.1. The van der Waals surface area contributed by atoms with Gasteiger partial charge in [0.2, 0.25) is 0 Å². The summed E-state index contributed by atoms with van der Waals surface area (Å²) in [6, 6.07) is 5.64. The molecule has 2 aliphatic rings. The molecule has 2 heterocycles. The Kier molecular flexibility index (Phi) is 10.4. The van der Waals surface area contributed by atoms with Crippen molar-refractivity contribution in [2.75, 3.05) is 23.8 Å². The van der Waals surface area contributed by atoms with E-state index in [2.05, 4.69) is 15.0 Å². The van der Waals surface area contributed by atoms with Crippen LogP contribution in [0.5, 0.6) is 0 Å². The largest absolute Gasteiger partial charge is 0.387 e. The Morgan fingerprint density at radius 2 is 1.97 bits per heavy atom. The number of carbonyl (C=O) groups excluding carboxylic acids is 3. The van der Waals surface area contributed by atoms with E-state index in [9.17, 15) is 14.4 Å². The number of azide groups is 1. The number of hydrogen-bond acceptors (Lipinski definition) is 9. The molecule has 0 bridgehead atoms. The molecule has 2 aliphatic heterocycles. The molecular weight excluding hydrogens is 496 g/mol. The molecular formula is C21H26N6O4S3. The number of amides is 2. The number of benzene rings is 1. The lowest BCUT2D eigenvalue weighted by Gasteiger charge is -2.13. The van der Waals surface area contributed by atoms with Gasteiger partial charge in [-0.1, -0.05) is 45.3 Å². The first-order valence-electron chi connectivity index (χ1n) is 10.9. The lowest BCUT2D eigenvalue weighted by Crippen LogP contribution is -2.34. The number of aliphatic imine (C=N–C) groups is 1. The highest BCUT2D eigenvalue weighted by Crippen LogP contribution is 2.36. The Morgan fingerprint density at radius 3 is 2.68 bits per heavy atom. The first-order valence-corrected chi connectivity index (χ1v) is 14.4. The zero-order valence-electron chi connectivity index (χ0n) is 18.5. The zero-order chi connectivity index (χ0) is 24.3. The third kappa shape index (κ3) is 7.86. The SMILES string of the molecule is [N-]=[N+]=Nc1ccc(C(=O)ON2C(=O)CC(SCCC(N)=NCCCCC3CSSC3)C2=O)cc1. The zero-order valence-corrected chi connectivity index (χ0v) is 20.9. The van der Waals surface area contributed by atoms with Crippen molar-refractivity contribution in [3.8, 4) is 0 Å². The first kappa shape index (κ1) is 26.3. The van der Waals surface area contributed by atoms with Gasteiger partial charge in [-0.05, 0) is 36.4 Å². The summed E-state index contributed by atoms with van der Waals surface area (Å²) in [7, 11) is 3.91. The Morgan fingerprint density at radius 1 is 1.24 bits per heavy atom. The summed E-state index contributed by atoms with van der Waals surface area (Å²) in [4.78, 5) is 49.1. The second-order valence-corrected chi connectivity index (χ2v) is 11.6. The first-order chi connectivity index (χ1) is 16.5. The van der Waals surface area contributed by atoms with Crippen LogP contribution in [0.1, 0.15) is 42.5 Å². The van der Waals surface area contributed by atoms with Gasteiger partial charge >= 0.3 is 5.97 Å². The number of nitrogens with two attached hydrogens (primary N) is 1. The number of carbonyl (C=O) groups is 3. The summed E-state index contributed by atoms with van der Waals surface area (Å²) < 4.78 is 0. The molecule has 0 aliphatic carbocycles. The smallest absolute Gasteiger partial charge is 0.363 e. The molecule has 182 valence electrons. The fourth-order valence-electron chi connectivity index (χ4n) is 3.32. The maximum Gasteiger partial charge on any atom is 0.363 e. The van der Waals surface area contributed by atoms with Crippen LogP contribution in [0.2, 0.25) is 0 Å². The molecule has 1 aromatic carbocycles. The molecule has 2 N–H and O–H groups in total. The summed E-state index contributed by atoms with van der Waals surface area (Å²) >= 11 is 1.30. The number of imide groups is 1. The van der Waals surface area contributed by atoms with E-state index in [1.54, 1.807) is 0 Å². The number of amidine groups is 1. The summed E-state index contributed by atoms with van der Waals surface area (Å²) in [5, 5.41) is 3.32. The van der Waals surface area contributed by atoms with Crippen LogP contribution in [0, 0.1) is 5.92 Å². The molecule has 10 nitrogen and oxygen atoms in total. The highest BCUT2D eigenvalue weighted by Gasteiger charge is 2.42. The highest BCUT2D eigenvalue weighted by molar-refractivity contribution is 8.77. The number of hydroxylamine groups is 2. The predicted octanol–water partition coefficient (Wildman–Crippen LogP) is 4.49. The van der Waals surface area contributed by atoms with Crippen LogP contribution < -0.4 is 5.73 Å². The van der Waals surface area contributed by atoms with Gasteiger partial charge in [-0.3, -0.25) is 14.6 Å². The van der Waals surface area contributed by atoms with Crippen molar-refractivity contribution in [2.45, 2.75) is 37.4 Å². The Bertz CT molecular complexity index is 962. The molecule has 0 saturated carbocycles. The molecule has 1 unspecified atom stereocenters. The minimum absolute atomic E-state index is 0.0403. The number of hydrogen-bond donors (Lipinski definition) is 1. The average Bonchev–Trinajstić information content (AvgIpc) is 3.43. The van der Waals surface area contributed by atoms with Gasteiger partial charge < -0.3 is 10.6 Å². The van der Waals surface area contributed by atoms with Crippen molar-refractivity contribution in [1.82, 2.24) is 5.06 Å². The molecule has 0 aromatic heterocycles. The van der Waals surface area contributed by atoms with E-state index >= 15 is 0 Å². The van der Waals surface area contributed by atoms with E-state index in [1.807, 2.05) is 21.6 Å². The third-order valence-corrected chi connectivity index (χ3v) is 9.11. The van der Waals surface area contributed by atoms with Gasteiger partial charge in [-0.15, -0.1) is 16.8 Å². The van der Waals surface area contributed by atoms with E-state index in [4.69, 9.17) is 16.1 Å². The van der Waals surface area contributed by atoms with Crippen molar-refractivity contribution in [3.05, 3.63) is 40.3 Å². The van der Waals surface area contributed by atoms with Gasteiger partial charge in [0.15, 0.2) is 0 Å². The average molecular weight is 523 g/mol. The second-order valence-electron chi connectivity index (χ2n) is 7.76. The molecule has 34 heavy (non-hydrogen) atoms. The molecule has 2 amide bonds. The topological polar surface area (TPSA) is 151 Å². The number of unbranched alkanes of at least 4 members (excludes halogenated alkanes) is 1. The van der Waals surface area contributed by atoms with Crippen LogP contribution in [0.25, 0.3) is 10.4 Å². The number of thioether (sulfide) groups is 1. The molecule has 0 spiro atoms. The van der Waals surface area contributed by atoms with Crippen molar-refractivity contribution in [1.29, 1.82) is 0 Å². The van der Waals surface area contributed by atoms with E-state index in [0.29, 0.717) is 35.3 Å². The molecule has 0 radical (unpaired) electrons. The summed E-state index contributed by atoms with van der Waals surface area (Å²) in [6.07, 6.45) is 3.90.